The minimum atomic E-state index is -1.14. The number of carboxylic acids is 1. The molecule has 0 aliphatic rings. The van der Waals surface area contributed by atoms with E-state index in [9.17, 15) is 19.5 Å². The Morgan fingerprint density at radius 1 is 0.585 bits per heavy atom. The molecule has 0 aromatic rings. The average Bonchev–Trinajstić information content (AvgIpc) is 3.11. The largest absolute Gasteiger partial charge is 0.544 e. The quantitative estimate of drug-likeness (QED) is 0.0218. The zero-order valence-electron chi connectivity index (χ0n) is 33.6. The van der Waals surface area contributed by atoms with Crippen molar-refractivity contribution in [3.63, 3.8) is 0 Å². The standard InChI is InChI=1S/C45H71NO7/c1-6-8-10-12-14-16-18-19-20-21-22-23-24-25-26-28-30-32-34-36-44(48)53-41(39-51-38-37-42(45(49)50)46(3,4)5)40-52-43(47)35-33-31-29-27-17-15-13-11-9-7-2/h8,10,12-16,18-26,41-42H,6-7,9,11,17,27-40H2,1-5H3/b10-8+,14-12+,15-13+,18-16+,20-19+,22-21+,24-23+,26-25+. The summed E-state index contributed by atoms with van der Waals surface area (Å²) in [6, 6.07) is -0.741. The minimum Gasteiger partial charge on any atom is -0.544 e. The van der Waals surface area contributed by atoms with Crippen molar-refractivity contribution in [3.8, 4) is 0 Å². The highest BCUT2D eigenvalue weighted by Gasteiger charge is 2.25. The van der Waals surface area contributed by atoms with Crippen LogP contribution in [0.25, 0.3) is 0 Å². The first-order valence-corrected chi connectivity index (χ1v) is 19.9. The fraction of sp³-hybridized carbons (Fsp3) is 0.578. The molecule has 8 heteroatoms. The van der Waals surface area contributed by atoms with Gasteiger partial charge >= 0.3 is 11.9 Å². The number of quaternary nitrogens is 1. The highest BCUT2D eigenvalue weighted by Crippen LogP contribution is 2.11. The van der Waals surface area contributed by atoms with Crippen molar-refractivity contribution >= 4 is 17.9 Å². The summed E-state index contributed by atoms with van der Waals surface area (Å²) in [6.45, 7) is 4.37. The zero-order chi connectivity index (χ0) is 39.3. The molecule has 8 nitrogen and oxygen atoms in total. The molecule has 298 valence electrons. The topological polar surface area (TPSA) is 102 Å². The molecule has 0 aromatic heterocycles. The third kappa shape index (κ3) is 33.8. The number of carboxylic acid groups (broad SMARTS) is 1. The lowest BCUT2D eigenvalue weighted by Gasteiger charge is -2.34. The smallest absolute Gasteiger partial charge is 0.306 e. The molecule has 0 rings (SSSR count). The second kappa shape index (κ2) is 35.3. The van der Waals surface area contributed by atoms with Crippen LogP contribution in [0.1, 0.15) is 117 Å². The summed E-state index contributed by atoms with van der Waals surface area (Å²) in [5.41, 5.74) is 0. The predicted molar refractivity (Wildman–Crippen MR) is 217 cm³/mol. The number of nitrogens with zero attached hydrogens (tertiary/aromatic N) is 1. The lowest BCUT2D eigenvalue weighted by Crippen LogP contribution is -2.55. The Labute approximate surface area is 322 Å². The summed E-state index contributed by atoms with van der Waals surface area (Å²) in [7, 11) is 5.36. The molecule has 0 saturated carbocycles. The molecule has 0 radical (unpaired) electrons. The van der Waals surface area contributed by atoms with E-state index in [4.69, 9.17) is 14.2 Å². The van der Waals surface area contributed by atoms with Crippen molar-refractivity contribution in [2.45, 2.75) is 129 Å². The summed E-state index contributed by atoms with van der Waals surface area (Å²) in [4.78, 5) is 36.7. The molecule has 0 aromatic carbocycles. The van der Waals surface area contributed by atoms with E-state index < -0.39 is 18.1 Å². The Balaban J connectivity index is 4.55. The van der Waals surface area contributed by atoms with Gasteiger partial charge in [0, 0.05) is 19.3 Å². The Morgan fingerprint density at radius 3 is 1.62 bits per heavy atom. The molecule has 0 aliphatic carbocycles. The van der Waals surface area contributed by atoms with E-state index in [2.05, 4.69) is 38.2 Å². The fourth-order valence-electron chi connectivity index (χ4n) is 5.03. The summed E-state index contributed by atoms with van der Waals surface area (Å²) in [6.07, 6.45) is 45.7. The van der Waals surface area contributed by atoms with Crippen LogP contribution in [0.15, 0.2) is 97.2 Å². The number of unbranched alkanes of at least 4 members (excludes halogenated alkanes) is 9. The number of ether oxygens (including phenoxy) is 3. The summed E-state index contributed by atoms with van der Waals surface area (Å²) < 4.78 is 17.0. The van der Waals surface area contributed by atoms with Crippen molar-refractivity contribution in [3.05, 3.63) is 97.2 Å². The third-order valence-corrected chi connectivity index (χ3v) is 8.15. The Kier molecular flexibility index (Phi) is 32.8. The van der Waals surface area contributed by atoms with Crippen LogP contribution in [0.2, 0.25) is 0 Å². The lowest BCUT2D eigenvalue weighted by atomic mass is 10.1. The molecule has 0 amide bonds. The molecule has 53 heavy (non-hydrogen) atoms. The molecule has 0 heterocycles. The van der Waals surface area contributed by atoms with Gasteiger partial charge in [0.15, 0.2) is 6.10 Å². The minimum absolute atomic E-state index is 0.0112. The third-order valence-electron chi connectivity index (χ3n) is 8.15. The maximum atomic E-state index is 12.7. The van der Waals surface area contributed by atoms with Gasteiger partial charge in [-0.05, 0) is 51.4 Å². The lowest BCUT2D eigenvalue weighted by molar-refractivity contribution is -0.889. The molecule has 2 unspecified atom stereocenters. The van der Waals surface area contributed by atoms with Gasteiger partial charge in [-0.1, -0.05) is 143 Å². The highest BCUT2D eigenvalue weighted by atomic mass is 16.6. The van der Waals surface area contributed by atoms with Gasteiger partial charge in [0.05, 0.1) is 40.3 Å². The van der Waals surface area contributed by atoms with E-state index in [-0.39, 0.29) is 49.1 Å². The van der Waals surface area contributed by atoms with Crippen LogP contribution in [0.5, 0.6) is 0 Å². The fourth-order valence-corrected chi connectivity index (χ4v) is 5.03. The van der Waals surface area contributed by atoms with Crippen molar-refractivity contribution in [2.24, 2.45) is 0 Å². The molecular formula is C45H71NO7. The Bertz CT molecular complexity index is 1180. The number of hydrogen-bond acceptors (Lipinski definition) is 7. The molecule has 0 fully saturated rings. The summed E-state index contributed by atoms with van der Waals surface area (Å²) in [5, 5.41) is 11.6. The number of likely N-dealkylation sites (N-methyl/N-ethyl adjacent to an activating group) is 1. The predicted octanol–water partition coefficient (Wildman–Crippen LogP) is 9.01. The second-order valence-corrected chi connectivity index (χ2v) is 14.0. The highest BCUT2D eigenvalue weighted by molar-refractivity contribution is 5.70. The van der Waals surface area contributed by atoms with Crippen LogP contribution in [0.4, 0.5) is 0 Å². The first-order valence-electron chi connectivity index (χ1n) is 19.9. The van der Waals surface area contributed by atoms with Crippen LogP contribution >= 0.6 is 0 Å². The second-order valence-electron chi connectivity index (χ2n) is 14.0. The van der Waals surface area contributed by atoms with Gasteiger partial charge < -0.3 is 28.6 Å². The van der Waals surface area contributed by atoms with E-state index in [1.807, 2.05) is 72.9 Å². The van der Waals surface area contributed by atoms with Crippen LogP contribution < -0.4 is 5.11 Å². The number of hydrogen-bond donors (Lipinski definition) is 0. The number of allylic oxidation sites excluding steroid dienone is 16. The number of aliphatic carboxylic acids is 1. The average molecular weight is 738 g/mol. The Hall–Kier alpha value is -3.75. The zero-order valence-corrected chi connectivity index (χ0v) is 33.6. The van der Waals surface area contributed by atoms with Gasteiger partial charge in [-0.15, -0.1) is 0 Å². The first kappa shape index (κ1) is 49.2. The molecule has 0 spiro atoms. The van der Waals surface area contributed by atoms with Crippen molar-refractivity contribution in [1.82, 2.24) is 0 Å². The van der Waals surface area contributed by atoms with Gasteiger partial charge in [0.2, 0.25) is 0 Å². The van der Waals surface area contributed by atoms with E-state index in [0.29, 0.717) is 12.8 Å². The summed E-state index contributed by atoms with van der Waals surface area (Å²) >= 11 is 0. The van der Waals surface area contributed by atoms with Gasteiger partial charge in [-0.3, -0.25) is 9.59 Å². The molecular weight excluding hydrogens is 666 g/mol. The van der Waals surface area contributed by atoms with Gasteiger partial charge in [0.1, 0.15) is 12.6 Å². The number of esters is 2. The number of carbonyl (C=O) groups excluding carboxylic acids is 3. The van der Waals surface area contributed by atoms with Crippen LogP contribution in [0, 0.1) is 0 Å². The van der Waals surface area contributed by atoms with Crippen molar-refractivity contribution < 1.29 is 38.2 Å². The molecule has 2 atom stereocenters. The normalized spacial score (nSPS) is 14.1. The number of carbonyl (C=O) groups is 3. The van der Waals surface area contributed by atoms with E-state index >= 15 is 0 Å². The van der Waals surface area contributed by atoms with Gasteiger partial charge in [0.25, 0.3) is 0 Å². The molecule has 0 aliphatic heterocycles. The van der Waals surface area contributed by atoms with E-state index in [1.165, 1.54) is 12.8 Å². The SMILES string of the molecule is CC/C=C/C=C/C=C/C=C/C=C/C=C/C=C/CCCCCC(=O)OC(COCCC(C(=O)[O-])[N+](C)(C)C)COC(=O)CCCCCC/C=C/CCCC. The van der Waals surface area contributed by atoms with Gasteiger partial charge in [-0.25, -0.2) is 0 Å². The summed E-state index contributed by atoms with van der Waals surface area (Å²) in [5.74, 6) is -1.83. The number of rotatable bonds is 33. The molecule has 0 N–H and O–H groups in total. The van der Waals surface area contributed by atoms with Crippen LogP contribution in [-0.4, -0.2) is 75.5 Å². The maximum Gasteiger partial charge on any atom is 0.306 e. The monoisotopic (exact) mass is 738 g/mol. The molecule has 0 saturated heterocycles. The van der Waals surface area contributed by atoms with Crippen molar-refractivity contribution in [1.29, 1.82) is 0 Å². The first-order chi connectivity index (χ1) is 25.6. The van der Waals surface area contributed by atoms with Gasteiger partial charge in [-0.2, -0.15) is 0 Å². The van der Waals surface area contributed by atoms with E-state index in [1.54, 1.807) is 21.1 Å². The van der Waals surface area contributed by atoms with Crippen LogP contribution in [0.3, 0.4) is 0 Å². The van der Waals surface area contributed by atoms with E-state index in [0.717, 1.165) is 64.2 Å². The molecule has 0 bridgehead atoms. The Morgan fingerprint density at radius 2 is 1.08 bits per heavy atom. The van der Waals surface area contributed by atoms with Crippen LogP contribution in [-0.2, 0) is 28.6 Å². The maximum absolute atomic E-state index is 12.7. The van der Waals surface area contributed by atoms with Crippen molar-refractivity contribution in [2.75, 3.05) is 41.0 Å².